The van der Waals surface area contributed by atoms with E-state index in [9.17, 15) is 0 Å². The molecule has 2 aromatic carbocycles. The average Bonchev–Trinajstić information content (AvgIpc) is 2.72. The van der Waals surface area contributed by atoms with Crippen molar-refractivity contribution in [2.75, 3.05) is 31.7 Å². The summed E-state index contributed by atoms with van der Waals surface area (Å²) in [5.41, 5.74) is 2.65. The Kier molecular flexibility index (Phi) is 6.82. The zero-order chi connectivity index (χ0) is 18.2. The van der Waals surface area contributed by atoms with E-state index < -0.39 is 0 Å². The van der Waals surface area contributed by atoms with Gasteiger partial charge in [-0.1, -0.05) is 37.5 Å². The van der Waals surface area contributed by atoms with E-state index in [4.69, 9.17) is 9.47 Å². The molecule has 1 aliphatic rings. The van der Waals surface area contributed by atoms with Gasteiger partial charge in [0.1, 0.15) is 18.1 Å². The monoisotopic (exact) mass is 353 g/mol. The van der Waals surface area contributed by atoms with Gasteiger partial charge in [-0.3, -0.25) is 0 Å². The van der Waals surface area contributed by atoms with Crippen molar-refractivity contribution in [3.63, 3.8) is 0 Å². The minimum absolute atomic E-state index is 0.674. The van der Waals surface area contributed by atoms with E-state index in [1.165, 1.54) is 43.4 Å². The van der Waals surface area contributed by atoms with Gasteiger partial charge in [-0.15, -0.1) is 0 Å². The fourth-order valence-corrected chi connectivity index (χ4v) is 3.82. The van der Waals surface area contributed by atoms with Crippen LogP contribution in [0, 0.1) is 0 Å². The molecule has 140 valence electrons. The molecule has 26 heavy (non-hydrogen) atoms. The minimum atomic E-state index is 0.674. The van der Waals surface area contributed by atoms with Gasteiger partial charge in [-0.2, -0.15) is 0 Å². The van der Waals surface area contributed by atoms with Crippen LogP contribution in [0.4, 0.5) is 5.69 Å². The van der Waals surface area contributed by atoms with E-state index in [-0.39, 0.29) is 0 Å². The molecule has 0 aromatic heterocycles. The zero-order valence-electron chi connectivity index (χ0n) is 16.1. The van der Waals surface area contributed by atoms with Gasteiger partial charge in [-0.25, -0.2) is 0 Å². The summed E-state index contributed by atoms with van der Waals surface area (Å²) in [6, 6.07) is 17.0. The van der Waals surface area contributed by atoms with Crippen molar-refractivity contribution in [1.82, 2.24) is 0 Å². The van der Waals surface area contributed by atoms with Crippen molar-refractivity contribution >= 4 is 5.69 Å². The highest BCUT2D eigenvalue weighted by Gasteiger charge is 2.15. The standard InChI is InChI=1S/C23H31NO2/c1-3-24(21-10-7-11-23(18-21)25-2)16-17-26-22-14-12-20(13-15-22)19-8-5-4-6-9-19/h7,10-15,18-19H,3-6,8-9,16-17H2,1-2H3. The van der Waals surface area contributed by atoms with Crippen LogP contribution in [0.1, 0.15) is 50.5 Å². The summed E-state index contributed by atoms with van der Waals surface area (Å²) in [6.45, 7) is 4.64. The molecule has 0 atom stereocenters. The fourth-order valence-electron chi connectivity index (χ4n) is 3.82. The van der Waals surface area contributed by atoms with Crippen LogP contribution < -0.4 is 14.4 Å². The second-order valence-corrected chi connectivity index (χ2v) is 7.03. The molecule has 0 spiro atoms. The third-order valence-corrected chi connectivity index (χ3v) is 5.39. The first kappa shape index (κ1) is 18.6. The quantitative estimate of drug-likeness (QED) is 0.612. The molecule has 3 heteroatoms. The summed E-state index contributed by atoms with van der Waals surface area (Å²) in [6.07, 6.45) is 6.83. The zero-order valence-corrected chi connectivity index (χ0v) is 16.1. The lowest BCUT2D eigenvalue weighted by Crippen LogP contribution is -2.28. The highest BCUT2D eigenvalue weighted by Crippen LogP contribution is 2.33. The smallest absolute Gasteiger partial charge is 0.120 e. The molecular weight excluding hydrogens is 322 g/mol. The number of ether oxygens (including phenoxy) is 2. The number of nitrogens with zero attached hydrogens (tertiary/aromatic N) is 1. The lowest BCUT2D eigenvalue weighted by molar-refractivity contribution is 0.324. The van der Waals surface area contributed by atoms with Crippen LogP contribution in [-0.4, -0.2) is 26.8 Å². The largest absolute Gasteiger partial charge is 0.497 e. The Morgan fingerprint density at radius 1 is 0.962 bits per heavy atom. The molecule has 0 unspecified atom stereocenters. The minimum Gasteiger partial charge on any atom is -0.497 e. The maximum atomic E-state index is 5.99. The molecule has 0 heterocycles. The second-order valence-electron chi connectivity index (χ2n) is 7.03. The highest BCUT2D eigenvalue weighted by atomic mass is 16.5. The Hall–Kier alpha value is -2.16. The molecule has 3 rings (SSSR count). The summed E-state index contributed by atoms with van der Waals surface area (Å²) in [7, 11) is 1.70. The molecule has 0 amide bonds. The van der Waals surface area contributed by atoms with Crippen LogP contribution in [0.2, 0.25) is 0 Å². The van der Waals surface area contributed by atoms with Crippen LogP contribution in [0.3, 0.4) is 0 Å². The van der Waals surface area contributed by atoms with Gasteiger partial charge in [0.05, 0.1) is 13.7 Å². The van der Waals surface area contributed by atoms with Crippen molar-refractivity contribution in [2.24, 2.45) is 0 Å². The molecule has 1 saturated carbocycles. The van der Waals surface area contributed by atoms with Gasteiger partial charge in [0.2, 0.25) is 0 Å². The second kappa shape index (κ2) is 9.51. The first-order valence-electron chi connectivity index (χ1n) is 9.92. The maximum Gasteiger partial charge on any atom is 0.120 e. The molecular formula is C23H31NO2. The van der Waals surface area contributed by atoms with Gasteiger partial charge in [0.25, 0.3) is 0 Å². The van der Waals surface area contributed by atoms with Crippen molar-refractivity contribution in [1.29, 1.82) is 0 Å². The van der Waals surface area contributed by atoms with E-state index in [2.05, 4.69) is 48.2 Å². The number of hydrogen-bond acceptors (Lipinski definition) is 3. The van der Waals surface area contributed by atoms with Crippen molar-refractivity contribution in [3.8, 4) is 11.5 Å². The van der Waals surface area contributed by atoms with Crippen molar-refractivity contribution in [2.45, 2.75) is 44.9 Å². The molecule has 0 N–H and O–H groups in total. The predicted molar refractivity (Wildman–Crippen MR) is 109 cm³/mol. The topological polar surface area (TPSA) is 21.7 Å². The van der Waals surface area contributed by atoms with E-state index in [0.29, 0.717) is 6.61 Å². The third kappa shape index (κ3) is 4.94. The van der Waals surface area contributed by atoms with E-state index in [0.717, 1.165) is 30.5 Å². The number of likely N-dealkylation sites (N-methyl/N-ethyl adjacent to an activating group) is 1. The summed E-state index contributed by atoms with van der Waals surface area (Å²) in [5.74, 6) is 2.60. The SMILES string of the molecule is CCN(CCOc1ccc(C2CCCCC2)cc1)c1cccc(OC)c1. The highest BCUT2D eigenvalue weighted by molar-refractivity contribution is 5.50. The molecule has 0 saturated heterocycles. The van der Waals surface area contributed by atoms with Crippen LogP contribution in [0.15, 0.2) is 48.5 Å². The Balaban J connectivity index is 1.51. The molecule has 0 aliphatic heterocycles. The fraction of sp³-hybridized carbons (Fsp3) is 0.478. The average molecular weight is 354 g/mol. The molecule has 3 nitrogen and oxygen atoms in total. The van der Waals surface area contributed by atoms with Gasteiger partial charge >= 0.3 is 0 Å². The summed E-state index contributed by atoms with van der Waals surface area (Å²) < 4.78 is 11.3. The molecule has 2 aromatic rings. The van der Waals surface area contributed by atoms with Gasteiger partial charge in [0, 0.05) is 18.3 Å². The molecule has 0 radical (unpaired) electrons. The van der Waals surface area contributed by atoms with Gasteiger partial charge < -0.3 is 14.4 Å². The van der Waals surface area contributed by atoms with Crippen molar-refractivity contribution in [3.05, 3.63) is 54.1 Å². The predicted octanol–water partition coefficient (Wildman–Crippen LogP) is 5.65. The number of rotatable bonds is 8. The van der Waals surface area contributed by atoms with Crippen LogP contribution in [0.5, 0.6) is 11.5 Å². The third-order valence-electron chi connectivity index (χ3n) is 5.39. The maximum absolute atomic E-state index is 5.99. The number of anilines is 1. The van der Waals surface area contributed by atoms with Gasteiger partial charge in [-0.05, 0) is 55.5 Å². The number of methoxy groups -OCH3 is 1. The first-order chi connectivity index (χ1) is 12.8. The van der Waals surface area contributed by atoms with E-state index >= 15 is 0 Å². The van der Waals surface area contributed by atoms with Gasteiger partial charge in [0.15, 0.2) is 0 Å². The number of hydrogen-bond donors (Lipinski definition) is 0. The van der Waals surface area contributed by atoms with Crippen LogP contribution in [-0.2, 0) is 0 Å². The lowest BCUT2D eigenvalue weighted by Gasteiger charge is -2.24. The van der Waals surface area contributed by atoms with Crippen LogP contribution >= 0.6 is 0 Å². The summed E-state index contributed by atoms with van der Waals surface area (Å²) >= 11 is 0. The summed E-state index contributed by atoms with van der Waals surface area (Å²) in [5, 5.41) is 0. The Labute approximate surface area is 157 Å². The first-order valence-corrected chi connectivity index (χ1v) is 9.92. The van der Waals surface area contributed by atoms with E-state index in [1.807, 2.05) is 12.1 Å². The van der Waals surface area contributed by atoms with Crippen LogP contribution in [0.25, 0.3) is 0 Å². The molecule has 1 fully saturated rings. The Morgan fingerprint density at radius 3 is 2.42 bits per heavy atom. The van der Waals surface area contributed by atoms with E-state index in [1.54, 1.807) is 7.11 Å². The Morgan fingerprint density at radius 2 is 1.73 bits per heavy atom. The Bertz CT molecular complexity index is 662. The molecule has 1 aliphatic carbocycles. The lowest BCUT2D eigenvalue weighted by atomic mass is 9.84. The summed E-state index contributed by atoms with van der Waals surface area (Å²) in [4.78, 5) is 2.30. The normalized spacial score (nSPS) is 14.8. The molecule has 0 bridgehead atoms. The number of benzene rings is 2. The van der Waals surface area contributed by atoms with Crippen molar-refractivity contribution < 1.29 is 9.47 Å².